The molecule has 0 atom stereocenters. The molecule has 1 aliphatic carbocycles. The van der Waals surface area contributed by atoms with Gasteiger partial charge in [-0.3, -0.25) is 4.79 Å². The number of oxime groups is 2. The lowest BCUT2D eigenvalue weighted by atomic mass is 9.73. The summed E-state index contributed by atoms with van der Waals surface area (Å²) in [6.07, 6.45) is 1.46. The lowest BCUT2D eigenvalue weighted by Crippen LogP contribution is -2.34. The number of hydrogen-bond donors (Lipinski definition) is 1. The lowest BCUT2D eigenvalue weighted by molar-refractivity contribution is -0.114. The van der Waals surface area contributed by atoms with Crippen LogP contribution in [0.3, 0.4) is 0 Å². The smallest absolute Gasteiger partial charge is 0.273 e. The standard InChI is InChI=1S/C19H31N3O3/c1-12(2)21-25-11-19(5,6)16-10-14(4)13(3)9-15(16)17(22-24-8)18(23)20-7/h9-11H2,1-8H3,(H,20,23)/b22-17-. The molecule has 0 fully saturated rings. The predicted molar refractivity (Wildman–Crippen MR) is 102 cm³/mol. The molecule has 1 aliphatic rings. The Hall–Kier alpha value is -2.11. The van der Waals surface area contributed by atoms with E-state index in [1.165, 1.54) is 18.3 Å². The average Bonchev–Trinajstić information content (AvgIpc) is 2.53. The molecule has 0 radical (unpaired) electrons. The summed E-state index contributed by atoms with van der Waals surface area (Å²) in [5, 5.41) is 10.7. The molecule has 1 rings (SSSR count). The first-order chi connectivity index (χ1) is 11.6. The number of amides is 1. The normalized spacial score (nSPS) is 15.9. The third-order valence-electron chi connectivity index (χ3n) is 4.38. The molecule has 25 heavy (non-hydrogen) atoms. The van der Waals surface area contributed by atoms with Crippen LogP contribution in [0, 0.1) is 5.41 Å². The van der Waals surface area contributed by atoms with Gasteiger partial charge in [0.05, 0.1) is 5.71 Å². The first-order valence-electron chi connectivity index (χ1n) is 8.48. The molecule has 0 aromatic heterocycles. The summed E-state index contributed by atoms with van der Waals surface area (Å²) in [7, 11) is 3.05. The first kappa shape index (κ1) is 20.9. The highest BCUT2D eigenvalue weighted by atomic mass is 16.6. The first-order valence-corrected chi connectivity index (χ1v) is 8.48. The van der Waals surface area contributed by atoms with Crippen LogP contribution < -0.4 is 5.32 Å². The molecule has 0 aromatic rings. The van der Waals surface area contributed by atoms with E-state index in [2.05, 4.69) is 43.3 Å². The van der Waals surface area contributed by atoms with Gasteiger partial charge in [-0.2, -0.15) is 0 Å². The van der Waals surface area contributed by atoms with Crippen molar-refractivity contribution in [2.24, 2.45) is 15.7 Å². The van der Waals surface area contributed by atoms with E-state index in [-0.39, 0.29) is 11.3 Å². The minimum Gasteiger partial charge on any atom is -0.398 e. The van der Waals surface area contributed by atoms with Crippen LogP contribution in [0.15, 0.2) is 32.6 Å². The van der Waals surface area contributed by atoms with Crippen LogP contribution in [-0.2, 0) is 14.5 Å². The zero-order chi connectivity index (χ0) is 19.2. The summed E-state index contributed by atoms with van der Waals surface area (Å²) in [6, 6.07) is 0. The number of allylic oxidation sites excluding steroid dienone is 2. The summed E-state index contributed by atoms with van der Waals surface area (Å²) in [4.78, 5) is 22.8. The van der Waals surface area contributed by atoms with Gasteiger partial charge < -0.3 is 15.0 Å². The fourth-order valence-electron chi connectivity index (χ4n) is 2.77. The number of carbonyl (C=O) groups excluding carboxylic acids is 1. The molecule has 0 saturated carbocycles. The molecular formula is C19H31N3O3. The van der Waals surface area contributed by atoms with Gasteiger partial charge in [-0.05, 0) is 46.1 Å². The number of hydrogen-bond acceptors (Lipinski definition) is 5. The lowest BCUT2D eigenvalue weighted by Gasteiger charge is -2.33. The maximum Gasteiger partial charge on any atom is 0.273 e. The van der Waals surface area contributed by atoms with Gasteiger partial charge in [0, 0.05) is 12.5 Å². The van der Waals surface area contributed by atoms with E-state index >= 15 is 0 Å². The summed E-state index contributed by atoms with van der Waals surface area (Å²) in [5.74, 6) is -0.249. The van der Waals surface area contributed by atoms with Crippen molar-refractivity contribution in [1.29, 1.82) is 0 Å². The SMILES string of the molecule is CNC(=O)/C(=N\OC)C1=C(C(C)(C)CON=C(C)C)CC(C)=C(C)C1. The van der Waals surface area contributed by atoms with Gasteiger partial charge >= 0.3 is 0 Å². The third kappa shape index (κ3) is 5.44. The fraction of sp³-hybridized carbons (Fsp3) is 0.632. The molecule has 6 heteroatoms. The van der Waals surface area contributed by atoms with Crippen LogP contribution in [0.25, 0.3) is 0 Å². The number of rotatable bonds is 7. The number of nitrogens with one attached hydrogen (secondary N) is 1. The van der Waals surface area contributed by atoms with Crippen LogP contribution in [0.1, 0.15) is 54.4 Å². The van der Waals surface area contributed by atoms with E-state index in [4.69, 9.17) is 9.68 Å². The van der Waals surface area contributed by atoms with Gasteiger partial charge in [-0.15, -0.1) is 0 Å². The zero-order valence-corrected chi connectivity index (χ0v) is 16.7. The van der Waals surface area contributed by atoms with Crippen molar-refractivity contribution < 1.29 is 14.5 Å². The summed E-state index contributed by atoms with van der Waals surface area (Å²) >= 11 is 0. The molecule has 0 spiro atoms. The minimum atomic E-state index is -0.293. The fourth-order valence-corrected chi connectivity index (χ4v) is 2.77. The topological polar surface area (TPSA) is 72.3 Å². The van der Waals surface area contributed by atoms with Crippen LogP contribution in [0.2, 0.25) is 0 Å². The molecule has 1 amide bonds. The molecule has 0 bridgehead atoms. The van der Waals surface area contributed by atoms with Gasteiger partial charge in [0.25, 0.3) is 5.91 Å². The molecule has 140 valence electrons. The van der Waals surface area contributed by atoms with E-state index in [1.807, 2.05) is 13.8 Å². The van der Waals surface area contributed by atoms with Crippen LogP contribution in [0.4, 0.5) is 0 Å². The predicted octanol–water partition coefficient (Wildman–Crippen LogP) is 3.60. The van der Waals surface area contributed by atoms with E-state index in [1.54, 1.807) is 7.05 Å². The monoisotopic (exact) mass is 349 g/mol. The van der Waals surface area contributed by atoms with Gasteiger partial charge in [0.2, 0.25) is 0 Å². The van der Waals surface area contributed by atoms with Crippen molar-refractivity contribution in [3.05, 3.63) is 22.3 Å². The molecule has 1 N–H and O–H groups in total. The second-order valence-electron chi connectivity index (χ2n) is 7.27. The Morgan fingerprint density at radius 1 is 1.16 bits per heavy atom. The second-order valence-corrected chi connectivity index (χ2v) is 7.27. The van der Waals surface area contributed by atoms with Crippen LogP contribution in [-0.4, -0.2) is 38.1 Å². The minimum absolute atomic E-state index is 0.249. The molecule has 6 nitrogen and oxygen atoms in total. The van der Waals surface area contributed by atoms with E-state index in [0.717, 1.165) is 23.3 Å². The molecule has 0 aliphatic heterocycles. The highest BCUT2D eigenvalue weighted by Crippen LogP contribution is 2.41. The van der Waals surface area contributed by atoms with Crippen molar-refractivity contribution in [3.8, 4) is 0 Å². The maximum atomic E-state index is 12.3. The quantitative estimate of drug-likeness (QED) is 0.434. The molecule has 0 heterocycles. The highest BCUT2D eigenvalue weighted by molar-refractivity contribution is 6.45. The van der Waals surface area contributed by atoms with Gasteiger partial charge in [-0.1, -0.05) is 40.9 Å². The molecular weight excluding hydrogens is 318 g/mol. The van der Waals surface area contributed by atoms with Crippen molar-refractivity contribution in [1.82, 2.24) is 5.32 Å². The Bertz CT molecular complexity index is 636. The number of nitrogens with zero attached hydrogens (tertiary/aromatic N) is 2. The Morgan fingerprint density at radius 2 is 1.76 bits per heavy atom. The third-order valence-corrected chi connectivity index (χ3v) is 4.38. The Labute approximate surface area is 151 Å². The molecule has 0 unspecified atom stereocenters. The van der Waals surface area contributed by atoms with Crippen molar-refractivity contribution >= 4 is 17.3 Å². The van der Waals surface area contributed by atoms with Crippen molar-refractivity contribution in [2.45, 2.75) is 54.4 Å². The zero-order valence-electron chi connectivity index (χ0n) is 16.7. The Balaban J connectivity index is 3.36. The Kier molecular flexibility index (Phi) is 7.39. The number of carbonyl (C=O) groups is 1. The largest absolute Gasteiger partial charge is 0.398 e. The van der Waals surface area contributed by atoms with Gasteiger partial charge in [0.15, 0.2) is 5.71 Å². The average molecular weight is 349 g/mol. The maximum absolute atomic E-state index is 12.3. The Morgan fingerprint density at radius 3 is 2.28 bits per heavy atom. The van der Waals surface area contributed by atoms with E-state index < -0.39 is 0 Å². The molecule has 0 saturated heterocycles. The molecule has 0 aromatic carbocycles. The van der Waals surface area contributed by atoms with Crippen LogP contribution in [0.5, 0.6) is 0 Å². The summed E-state index contributed by atoms with van der Waals surface area (Å²) in [6.45, 7) is 12.6. The van der Waals surface area contributed by atoms with Crippen molar-refractivity contribution in [3.63, 3.8) is 0 Å². The second kappa shape index (κ2) is 8.83. The summed E-state index contributed by atoms with van der Waals surface area (Å²) < 4.78 is 0. The van der Waals surface area contributed by atoms with Crippen molar-refractivity contribution in [2.75, 3.05) is 20.8 Å². The van der Waals surface area contributed by atoms with E-state index in [9.17, 15) is 4.79 Å². The highest BCUT2D eigenvalue weighted by Gasteiger charge is 2.33. The summed E-state index contributed by atoms with van der Waals surface area (Å²) in [5.41, 5.74) is 5.52. The van der Waals surface area contributed by atoms with E-state index in [0.29, 0.717) is 18.7 Å². The van der Waals surface area contributed by atoms with Crippen LogP contribution >= 0.6 is 0 Å². The van der Waals surface area contributed by atoms with Gasteiger partial charge in [-0.25, -0.2) is 0 Å². The van der Waals surface area contributed by atoms with Gasteiger partial charge in [0.1, 0.15) is 13.7 Å².